The van der Waals surface area contributed by atoms with Crippen molar-refractivity contribution in [1.82, 2.24) is 20.2 Å². The molecule has 3 rings (SSSR count). The van der Waals surface area contributed by atoms with Crippen LogP contribution >= 0.6 is 24.0 Å². The van der Waals surface area contributed by atoms with Crippen molar-refractivity contribution in [2.75, 3.05) is 19.7 Å². The van der Waals surface area contributed by atoms with Crippen molar-refractivity contribution < 1.29 is 4.74 Å². The molecule has 0 aliphatic carbocycles. The summed E-state index contributed by atoms with van der Waals surface area (Å²) < 4.78 is 7.92. The number of para-hydroxylation sites is 1. The zero-order valence-corrected chi connectivity index (χ0v) is 20.9. The van der Waals surface area contributed by atoms with Crippen LogP contribution in [0.15, 0.2) is 84.6 Å². The minimum atomic E-state index is 0. The Labute approximate surface area is 207 Å². The third-order valence-corrected chi connectivity index (χ3v) is 4.72. The molecule has 6 nitrogen and oxygen atoms in total. The minimum absolute atomic E-state index is 0. The van der Waals surface area contributed by atoms with Crippen molar-refractivity contribution in [2.24, 2.45) is 4.99 Å². The summed E-state index contributed by atoms with van der Waals surface area (Å²) >= 11 is 0. The highest BCUT2D eigenvalue weighted by atomic mass is 127. The molecule has 3 aromatic rings. The minimum Gasteiger partial charge on any atom is -0.489 e. The van der Waals surface area contributed by atoms with E-state index in [4.69, 9.17) is 9.73 Å². The molecule has 170 valence electrons. The van der Waals surface area contributed by atoms with Crippen LogP contribution in [-0.4, -0.2) is 35.2 Å². The molecule has 0 spiro atoms. The van der Waals surface area contributed by atoms with Crippen molar-refractivity contribution in [3.63, 3.8) is 0 Å². The molecule has 2 N–H and O–H groups in total. The molecular weight excluding hydrogens is 513 g/mol. The van der Waals surface area contributed by atoms with Crippen LogP contribution in [0.2, 0.25) is 0 Å². The van der Waals surface area contributed by atoms with Gasteiger partial charge in [0.1, 0.15) is 18.2 Å². The van der Waals surface area contributed by atoms with E-state index in [-0.39, 0.29) is 24.0 Å². The van der Waals surface area contributed by atoms with Crippen LogP contribution < -0.4 is 15.4 Å². The molecule has 0 saturated carbocycles. The number of hydrogen-bond donors (Lipinski definition) is 2. The van der Waals surface area contributed by atoms with E-state index in [1.807, 2.05) is 42.7 Å². The molecule has 7 heteroatoms. The molecule has 32 heavy (non-hydrogen) atoms. The van der Waals surface area contributed by atoms with E-state index < -0.39 is 0 Å². The van der Waals surface area contributed by atoms with Crippen LogP contribution in [-0.2, 0) is 19.5 Å². The maximum atomic E-state index is 5.73. The smallest absolute Gasteiger partial charge is 0.191 e. The van der Waals surface area contributed by atoms with E-state index in [0.717, 1.165) is 49.2 Å². The number of aromatic nitrogens is 2. The van der Waals surface area contributed by atoms with Gasteiger partial charge in [-0.05, 0) is 18.6 Å². The average molecular weight is 545 g/mol. The average Bonchev–Trinajstić information content (AvgIpc) is 3.24. The Bertz CT molecular complexity index is 971. The van der Waals surface area contributed by atoms with Gasteiger partial charge in [0.05, 0.1) is 6.54 Å². The highest BCUT2D eigenvalue weighted by molar-refractivity contribution is 14.0. The molecule has 0 saturated heterocycles. The van der Waals surface area contributed by atoms with Gasteiger partial charge in [-0.15, -0.1) is 24.0 Å². The second-order valence-corrected chi connectivity index (χ2v) is 7.04. The largest absolute Gasteiger partial charge is 0.489 e. The summed E-state index contributed by atoms with van der Waals surface area (Å²) in [7, 11) is 0. The first kappa shape index (κ1) is 25.5. The molecule has 0 unspecified atom stereocenters. The molecule has 1 aromatic heterocycles. The van der Waals surface area contributed by atoms with Crippen molar-refractivity contribution in [3.8, 4) is 5.75 Å². The van der Waals surface area contributed by atoms with Gasteiger partial charge in [-0.1, -0.05) is 61.2 Å². The second-order valence-electron chi connectivity index (χ2n) is 7.04. The molecule has 0 fully saturated rings. The lowest BCUT2D eigenvalue weighted by molar-refractivity contribution is 0.359. The van der Waals surface area contributed by atoms with Gasteiger partial charge in [-0.2, -0.15) is 0 Å². The highest BCUT2D eigenvalue weighted by Crippen LogP contribution is 2.18. The number of guanidine groups is 1. The van der Waals surface area contributed by atoms with Gasteiger partial charge in [0.15, 0.2) is 5.96 Å². The molecule has 0 aliphatic rings. The monoisotopic (exact) mass is 545 g/mol. The number of ether oxygens (including phenoxy) is 1. The molecular formula is C25H32IN5O. The summed E-state index contributed by atoms with van der Waals surface area (Å²) in [5.74, 6) is 2.67. The highest BCUT2D eigenvalue weighted by Gasteiger charge is 2.06. The molecule has 0 aliphatic heterocycles. The lowest BCUT2D eigenvalue weighted by atomic mass is 10.2. The lowest BCUT2D eigenvalue weighted by Gasteiger charge is -2.13. The van der Waals surface area contributed by atoms with Gasteiger partial charge >= 0.3 is 0 Å². The molecule has 1 heterocycles. The zero-order chi connectivity index (χ0) is 21.7. The van der Waals surface area contributed by atoms with E-state index in [0.29, 0.717) is 13.2 Å². The summed E-state index contributed by atoms with van der Waals surface area (Å²) in [6, 6.07) is 18.4. The van der Waals surface area contributed by atoms with Crippen LogP contribution in [0, 0.1) is 0 Å². The molecule has 0 radical (unpaired) electrons. The maximum Gasteiger partial charge on any atom is 0.191 e. The Hall–Kier alpha value is -2.81. The van der Waals surface area contributed by atoms with E-state index in [1.165, 1.54) is 5.56 Å². The van der Waals surface area contributed by atoms with Crippen LogP contribution in [0.4, 0.5) is 0 Å². The maximum absolute atomic E-state index is 5.73. The van der Waals surface area contributed by atoms with E-state index in [9.17, 15) is 0 Å². The third kappa shape index (κ3) is 8.03. The number of benzene rings is 2. The van der Waals surface area contributed by atoms with Crippen molar-refractivity contribution in [3.05, 3.63) is 96.6 Å². The topological polar surface area (TPSA) is 63.5 Å². The number of aliphatic imine (C=N–C) groups is 1. The Balaban J connectivity index is 0.00000363. The van der Waals surface area contributed by atoms with Gasteiger partial charge in [-0.3, -0.25) is 0 Å². The van der Waals surface area contributed by atoms with Crippen molar-refractivity contribution in [1.29, 1.82) is 0 Å². The van der Waals surface area contributed by atoms with Crippen LogP contribution in [0.3, 0.4) is 0 Å². The Morgan fingerprint density at radius 3 is 2.69 bits per heavy atom. The molecule has 0 bridgehead atoms. The summed E-state index contributed by atoms with van der Waals surface area (Å²) in [6.07, 6.45) is 6.44. The van der Waals surface area contributed by atoms with Gasteiger partial charge in [0.25, 0.3) is 0 Å². The summed E-state index contributed by atoms with van der Waals surface area (Å²) in [5.41, 5.74) is 2.31. The predicted octanol–water partition coefficient (Wildman–Crippen LogP) is 4.41. The van der Waals surface area contributed by atoms with Crippen molar-refractivity contribution >= 4 is 29.9 Å². The van der Waals surface area contributed by atoms with Crippen LogP contribution in [0.25, 0.3) is 0 Å². The van der Waals surface area contributed by atoms with E-state index >= 15 is 0 Å². The summed E-state index contributed by atoms with van der Waals surface area (Å²) in [6.45, 7) is 9.15. The fraction of sp³-hybridized carbons (Fsp3) is 0.280. The molecule has 2 aromatic carbocycles. The van der Waals surface area contributed by atoms with Crippen LogP contribution in [0.5, 0.6) is 5.75 Å². The second kappa shape index (κ2) is 14.3. The van der Waals surface area contributed by atoms with Gasteiger partial charge in [0, 0.05) is 44.0 Å². The van der Waals surface area contributed by atoms with Gasteiger partial charge < -0.3 is 19.9 Å². The summed E-state index contributed by atoms with van der Waals surface area (Å²) in [4.78, 5) is 9.25. The number of nitrogens with one attached hydrogen (secondary N) is 2. The van der Waals surface area contributed by atoms with Gasteiger partial charge in [-0.25, -0.2) is 9.98 Å². The molecule has 0 atom stereocenters. The summed E-state index contributed by atoms with van der Waals surface area (Å²) in [5, 5.41) is 6.72. The fourth-order valence-corrected chi connectivity index (χ4v) is 3.21. The molecule has 0 amide bonds. The number of rotatable bonds is 11. The SMILES string of the molecule is C=CCOc1ccccc1CN=C(NCC)NCCc1nccn1Cc1ccccc1.I. The first-order chi connectivity index (χ1) is 15.3. The Morgan fingerprint density at radius 2 is 1.91 bits per heavy atom. The normalized spacial score (nSPS) is 10.8. The van der Waals surface area contributed by atoms with Gasteiger partial charge in [0.2, 0.25) is 0 Å². The Morgan fingerprint density at radius 1 is 1.12 bits per heavy atom. The number of nitrogens with zero attached hydrogens (tertiary/aromatic N) is 3. The zero-order valence-electron chi connectivity index (χ0n) is 18.5. The number of hydrogen-bond acceptors (Lipinski definition) is 3. The quantitative estimate of drug-likeness (QED) is 0.162. The number of halogens is 1. The van der Waals surface area contributed by atoms with E-state index in [2.05, 4.69) is 58.0 Å². The van der Waals surface area contributed by atoms with Crippen LogP contribution in [0.1, 0.15) is 23.9 Å². The first-order valence-electron chi connectivity index (χ1n) is 10.7. The standard InChI is InChI=1S/C25H31N5O.HI/c1-3-18-31-23-13-9-8-12-22(23)19-29-25(26-4-2)28-15-14-24-27-16-17-30(24)20-21-10-6-5-7-11-21;/h3,5-13,16-17H,1,4,14-15,18-20H2,2H3,(H2,26,28,29);1H. The van der Waals surface area contributed by atoms with E-state index in [1.54, 1.807) is 6.08 Å². The fourth-order valence-electron chi connectivity index (χ4n) is 3.21. The predicted molar refractivity (Wildman–Crippen MR) is 142 cm³/mol. The Kier molecular flexibility index (Phi) is 11.4. The third-order valence-electron chi connectivity index (χ3n) is 4.72. The first-order valence-corrected chi connectivity index (χ1v) is 10.7. The van der Waals surface area contributed by atoms with Crippen molar-refractivity contribution in [2.45, 2.75) is 26.4 Å². The number of imidazole rings is 1. The lowest BCUT2D eigenvalue weighted by Crippen LogP contribution is -2.38.